The van der Waals surface area contributed by atoms with Crippen LogP contribution in [-0.4, -0.2) is 42.7 Å². The Labute approximate surface area is 202 Å². The van der Waals surface area contributed by atoms with Crippen molar-refractivity contribution in [2.75, 3.05) is 0 Å². The molecule has 0 saturated heterocycles. The minimum absolute atomic E-state index is 0.0489. The van der Waals surface area contributed by atoms with Crippen LogP contribution < -0.4 is 4.74 Å². The molecule has 2 aliphatic rings. The largest absolute Gasteiger partial charge is 0.489 e. The summed E-state index contributed by atoms with van der Waals surface area (Å²) in [6, 6.07) is 4.07. The first-order valence-corrected chi connectivity index (χ1v) is 12.1. The van der Waals surface area contributed by atoms with E-state index >= 15 is 0 Å². The van der Waals surface area contributed by atoms with Gasteiger partial charge in [-0.3, -0.25) is 4.79 Å². The second-order valence-corrected chi connectivity index (χ2v) is 9.94. The zero-order chi connectivity index (χ0) is 24.1. The average molecular weight is 487 g/mol. The van der Waals surface area contributed by atoms with Crippen molar-refractivity contribution in [3.8, 4) is 5.75 Å². The molecule has 0 radical (unpaired) electrons. The molecule has 1 aromatic carbocycles. The van der Waals surface area contributed by atoms with Crippen LogP contribution in [-0.2, 0) is 13.1 Å². The van der Waals surface area contributed by atoms with Crippen LogP contribution in [0.3, 0.4) is 0 Å². The Morgan fingerprint density at radius 2 is 2.09 bits per heavy atom. The number of hydrogen-bond acceptors (Lipinski definition) is 5. The first-order valence-electron chi connectivity index (χ1n) is 11.7. The number of nitrogens with zero attached hydrogens (tertiary/aromatic N) is 4. The van der Waals surface area contributed by atoms with E-state index in [0.29, 0.717) is 35.2 Å². The molecule has 5 rings (SSSR count). The average Bonchev–Trinajstić information content (AvgIpc) is 3.32. The van der Waals surface area contributed by atoms with E-state index in [1.807, 2.05) is 13.8 Å². The quantitative estimate of drug-likeness (QED) is 0.550. The summed E-state index contributed by atoms with van der Waals surface area (Å²) in [7, 11) is 0. The molecule has 1 saturated carbocycles. The number of aliphatic hydroxyl groups excluding tert-OH is 1. The standard InChI is InChI=1S/C25H28ClFN4O3/c1-13(32)4-5-16-8-18(9-16)34-22-10-17(27)6-7-19(22)25(33)30-11-20-21(12-30)29-31-15(3)23(26)14(2)28-24(20)31/h6-7,10,13,16,18,32H,4-5,8-9,11-12H2,1-3H3. The van der Waals surface area contributed by atoms with Gasteiger partial charge in [0.15, 0.2) is 5.65 Å². The van der Waals surface area contributed by atoms with Crippen LogP contribution in [0.4, 0.5) is 4.39 Å². The van der Waals surface area contributed by atoms with Gasteiger partial charge in [-0.1, -0.05) is 11.6 Å². The molecule has 2 aromatic heterocycles. The van der Waals surface area contributed by atoms with Gasteiger partial charge in [0, 0.05) is 11.6 Å². The fraction of sp³-hybridized carbons (Fsp3) is 0.480. The van der Waals surface area contributed by atoms with Crippen molar-refractivity contribution in [2.45, 2.75) is 71.8 Å². The maximum Gasteiger partial charge on any atom is 0.258 e. The van der Waals surface area contributed by atoms with Crippen molar-refractivity contribution in [3.05, 3.63) is 57.2 Å². The summed E-state index contributed by atoms with van der Waals surface area (Å²) < 4.78 is 21.8. The molecule has 9 heteroatoms. The lowest BCUT2D eigenvalue weighted by Crippen LogP contribution is -2.35. The third kappa shape index (κ3) is 4.14. The van der Waals surface area contributed by atoms with E-state index in [4.69, 9.17) is 16.3 Å². The maximum atomic E-state index is 14.0. The van der Waals surface area contributed by atoms with E-state index in [1.165, 1.54) is 18.2 Å². The van der Waals surface area contributed by atoms with Crippen LogP contribution in [0.25, 0.3) is 5.65 Å². The number of carbonyl (C=O) groups excluding carboxylic acids is 1. The molecule has 0 bridgehead atoms. The fourth-order valence-corrected chi connectivity index (χ4v) is 4.98. The Hall–Kier alpha value is -2.71. The lowest BCUT2D eigenvalue weighted by molar-refractivity contribution is 0.0490. The minimum Gasteiger partial charge on any atom is -0.489 e. The molecular formula is C25H28ClFN4O3. The van der Waals surface area contributed by atoms with Gasteiger partial charge in [-0.05, 0) is 64.5 Å². The number of hydrogen-bond donors (Lipinski definition) is 1. The van der Waals surface area contributed by atoms with Crippen LogP contribution >= 0.6 is 11.6 Å². The van der Waals surface area contributed by atoms with Crippen molar-refractivity contribution in [1.29, 1.82) is 0 Å². The van der Waals surface area contributed by atoms with Gasteiger partial charge in [0.25, 0.3) is 5.91 Å². The highest BCUT2D eigenvalue weighted by atomic mass is 35.5. The first-order chi connectivity index (χ1) is 16.2. The van der Waals surface area contributed by atoms with Gasteiger partial charge in [-0.2, -0.15) is 5.10 Å². The van der Waals surface area contributed by atoms with Crippen LogP contribution in [0.15, 0.2) is 18.2 Å². The number of aliphatic hydroxyl groups is 1. The predicted molar refractivity (Wildman–Crippen MR) is 126 cm³/mol. The van der Waals surface area contributed by atoms with Gasteiger partial charge in [-0.25, -0.2) is 13.9 Å². The Kier molecular flexibility index (Phi) is 5.98. The predicted octanol–water partition coefficient (Wildman–Crippen LogP) is 4.61. The third-order valence-electron chi connectivity index (χ3n) is 6.90. The molecule has 1 unspecified atom stereocenters. The molecule has 3 heterocycles. The molecule has 1 aliphatic heterocycles. The SMILES string of the molecule is Cc1nc2c3c(nn2c(C)c1Cl)CN(C(=O)c1ccc(F)cc1OC1CC(CCC(C)O)C1)C3. The molecule has 3 aromatic rings. The third-order valence-corrected chi connectivity index (χ3v) is 7.44. The smallest absolute Gasteiger partial charge is 0.258 e. The second kappa shape index (κ2) is 8.82. The van der Waals surface area contributed by atoms with Crippen molar-refractivity contribution in [3.63, 3.8) is 0 Å². The monoisotopic (exact) mass is 486 g/mol. The van der Waals surface area contributed by atoms with E-state index in [2.05, 4.69) is 10.1 Å². The Balaban J connectivity index is 1.32. The van der Waals surface area contributed by atoms with Gasteiger partial charge in [0.2, 0.25) is 0 Å². The summed E-state index contributed by atoms with van der Waals surface area (Å²) in [4.78, 5) is 19.7. The van der Waals surface area contributed by atoms with Crippen LogP contribution in [0.2, 0.25) is 5.02 Å². The van der Waals surface area contributed by atoms with Crippen molar-refractivity contribution < 1.29 is 19.0 Å². The van der Waals surface area contributed by atoms with E-state index in [-0.39, 0.29) is 23.9 Å². The Morgan fingerprint density at radius 1 is 1.32 bits per heavy atom. The number of amides is 1. The van der Waals surface area contributed by atoms with E-state index in [0.717, 1.165) is 48.3 Å². The topological polar surface area (TPSA) is 80.0 Å². The molecule has 34 heavy (non-hydrogen) atoms. The summed E-state index contributed by atoms with van der Waals surface area (Å²) in [5.74, 6) is 0.106. The molecular weight excluding hydrogens is 459 g/mol. The van der Waals surface area contributed by atoms with Crippen LogP contribution in [0.5, 0.6) is 5.75 Å². The van der Waals surface area contributed by atoms with E-state index in [1.54, 1.807) is 16.3 Å². The van der Waals surface area contributed by atoms with Crippen molar-refractivity contribution in [1.82, 2.24) is 19.5 Å². The number of aromatic nitrogens is 3. The molecule has 1 amide bonds. The summed E-state index contributed by atoms with van der Waals surface area (Å²) in [5, 5.41) is 14.7. The summed E-state index contributed by atoms with van der Waals surface area (Å²) >= 11 is 6.32. The van der Waals surface area contributed by atoms with Crippen molar-refractivity contribution in [2.24, 2.45) is 5.92 Å². The zero-order valence-corrected chi connectivity index (χ0v) is 20.3. The number of benzene rings is 1. The lowest BCUT2D eigenvalue weighted by Gasteiger charge is -2.36. The highest BCUT2D eigenvalue weighted by Crippen LogP contribution is 2.37. The highest BCUT2D eigenvalue weighted by molar-refractivity contribution is 6.31. The minimum atomic E-state index is -0.439. The van der Waals surface area contributed by atoms with E-state index in [9.17, 15) is 14.3 Å². The van der Waals surface area contributed by atoms with Crippen LogP contribution in [0.1, 0.15) is 65.6 Å². The van der Waals surface area contributed by atoms with Gasteiger partial charge < -0.3 is 14.7 Å². The number of ether oxygens (including phenoxy) is 1. The Morgan fingerprint density at radius 3 is 2.82 bits per heavy atom. The highest BCUT2D eigenvalue weighted by Gasteiger charge is 2.34. The zero-order valence-electron chi connectivity index (χ0n) is 19.5. The molecule has 1 fully saturated rings. The molecule has 180 valence electrons. The van der Waals surface area contributed by atoms with Crippen molar-refractivity contribution >= 4 is 23.2 Å². The normalized spacial score (nSPS) is 20.4. The Bertz CT molecular complexity index is 1270. The number of halogens is 2. The number of rotatable bonds is 6. The van der Waals surface area contributed by atoms with Gasteiger partial charge in [0.1, 0.15) is 11.6 Å². The summed E-state index contributed by atoms with van der Waals surface area (Å²) in [6.07, 6.45) is 3.04. The molecule has 1 atom stereocenters. The number of carbonyl (C=O) groups is 1. The molecule has 1 N–H and O–H groups in total. The first kappa shape index (κ1) is 23.1. The maximum absolute atomic E-state index is 14.0. The number of aryl methyl sites for hydroxylation is 2. The van der Waals surface area contributed by atoms with E-state index < -0.39 is 5.82 Å². The van der Waals surface area contributed by atoms with Gasteiger partial charge >= 0.3 is 0 Å². The fourth-order valence-electron chi connectivity index (χ4n) is 4.86. The summed E-state index contributed by atoms with van der Waals surface area (Å²) in [5.41, 5.74) is 4.28. The summed E-state index contributed by atoms with van der Waals surface area (Å²) in [6.45, 7) is 6.25. The van der Waals surface area contributed by atoms with Gasteiger partial charge in [-0.15, -0.1) is 0 Å². The second-order valence-electron chi connectivity index (χ2n) is 9.56. The molecule has 0 spiro atoms. The number of fused-ring (bicyclic) bond motifs is 3. The lowest BCUT2D eigenvalue weighted by atomic mass is 9.79. The van der Waals surface area contributed by atoms with Gasteiger partial charge in [0.05, 0.1) is 53.0 Å². The van der Waals surface area contributed by atoms with Crippen LogP contribution in [0, 0.1) is 25.6 Å². The molecule has 7 nitrogen and oxygen atoms in total. The molecule has 1 aliphatic carbocycles.